The number of hydrogen-bond acceptors (Lipinski definition) is 3. The van der Waals surface area contributed by atoms with E-state index in [-0.39, 0.29) is 0 Å². The molecule has 19 heavy (non-hydrogen) atoms. The van der Waals surface area contributed by atoms with E-state index in [0.29, 0.717) is 0 Å². The summed E-state index contributed by atoms with van der Waals surface area (Å²) in [5.74, 6) is 1.60. The lowest BCUT2D eigenvalue weighted by atomic mass is 10.1. The van der Waals surface area contributed by atoms with Gasteiger partial charge in [0.2, 0.25) is 0 Å². The standard InChI is InChI=1S/C15H28N4/c1-12(2)7-19-6-5-14(9-19)8-18(4)10-15-13(3)16-11-17-15/h11-12,14H,5-10H2,1-4H3,(H,16,17)/t14-/m1/s1. The van der Waals surface area contributed by atoms with Crippen LogP contribution >= 0.6 is 0 Å². The third-order valence-corrected chi connectivity index (χ3v) is 3.92. The van der Waals surface area contributed by atoms with E-state index in [0.717, 1.165) is 18.4 Å². The lowest BCUT2D eigenvalue weighted by Gasteiger charge is -2.22. The molecule has 1 saturated heterocycles. The van der Waals surface area contributed by atoms with Crippen molar-refractivity contribution in [2.24, 2.45) is 11.8 Å². The molecular formula is C15H28N4. The number of rotatable bonds is 6. The van der Waals surface area contributed by atoms with Crippen LogP contribution in [-0.4, -0.2) is 53.0 Å². The zero-order valence-electron chi connectivity index (χ0n) is 12.8. The van der Waals surface area contributed by atoms with Crippen LogP contribution in [0.1, 0.15) is 31.7 Å². The van der Waals surface area contributed by atoms with E-state index in [1.54, 1.807) is 6.33 Å². The van der Waals surface area contributed by atoms with E-state index in [9.17, 15) is 0 Å². The number of nitrogens with one attached hydrogen (secondary N) is 1. The Labute approximate surface area is 117 Å². The lowest BCUT2D eigenvalue weighted by molar-refractivity contribution is 0.245. The van der Waals surface area contributed by atoms with Crippen LogP contribution in [-0.2, 0) is 6.54 Å². The summed E-state index contributed by atoms with van der Waals surface area (Å²) in [5, 5.41) is 0. The molecule has 0 radical (unpaired) electrons. The van der Waals surface area contributed by atoms with Gasteiger partial charge in [0.25, 0.3) is 0 Å². The third-order valence-electron chi connectivity index (χ3n) is 3.92. The Morgan fingerprint density at radius 2 is 2.32 bits per heavy atom. The summed E-state index contributed by atoms with van der Waals surface area (Å²) in [6.45, 7) is 12.6. The third kappa shape index (κ3) is 4.32. The summed E-state index contributed by atoms with van der Waals surface area (Å²) >= 11 is 0. The molecule has 1 atom stereocenters. The fraction of sp³-hybridized carbons (Fsp3) is 0.800. The molecule has 1 aromatic rings. The minimum Gasteiger partial charge on any atom is -0.348 e. The van der Waals surface area contributed by atoms with Crippen LogP contribution in [0.4, 0.5) is 0 Å². The molecule has 4 heteroatoms. The van der Waals surface area contributed by atoms with Gasteiger partial charge in [-0.05, 0) is 38.8 Å². The van der Waals surface area contributed by atoms with E-state index >= 15 is 0 Å². The van der Waals surface area contributed by atoms with Crippen molar-refractivity contribution in [2.45, 2.75) is 33.7 Å². The summed E-state index contributed by atoms with van der Waals surface area (Å²) in [5.41, 5.74) is 2.37. The van der Waals surface area contributed by atoms with E-state index < -0.39 is 0 Å². The summed E-state index contributed by atoms with van der Waals surface area (Å²) in [7, 11) is 2.21. The number of nitrogens with zero attached hydrogens (tertiary/aromatic N) is 3. The van der Waals surface area contributed by atoms with Gasteiger partial charge in [-0.1, -0.05) is 13.8 Å². The molecule has 1 aliphatic rings. The van der Waals surface area contributed by atoms with E-state index in [1.165, 1.54) is 44.0 Å². The number of likely N-dealkylation sites (tertiary alicyclic amines) is 1. The zero-order chi connectivity index (χ0) is 13.8. The SMILES string of the molecule is Cc1[nH]cnc1CN(C)C[C@H]1CCN(CC(C)C)C1. The van der Waals surface area contributed by atoms with E-state index in [1.807, 2.05) is 0 Å². The molecule has 0 saturated carbocycles. The molecule has 2 rings (SSSR count). The van der Waals surface area contributed by atoms with Crippen LogP contribution in [0.3, 0.4) is 0 Å². The van der Waals surface area contributed by atoms with Crippen LogP contribution in [0.25, 0.3) is 0 Å². The van der Waals surface area contributed by atoms with Gasteiger partial charge in [-0.15, -0.1) is 0 Å². The molecule has 108 valence electrons. The first-order valence-electron chi connectivity index (χ1n) is 7.44. The number of H-pyrrole nitrogens is 1. The van der Waals surface area contributed by atoms with Gasteiger partial charge in [0.15, 0.2) is 0 Å². The first-order valence-corrected chi connectivity index (χ1v) is 7.44. The fourth-order valence-corrected chi connectivity index (χ4v) is 3.05. The van der Waals surface area contributed by atoms with Gasteiger partial charge in [0.05, 0.1) is 12.0 Å². The average molecular weight is 264 g/mol. The molecule has 1 N–H and O–H groups in total. The highest BCUT2D eigenvalue weighted by molar-refractivity contribution is 5.08. The Bertz CT molecular complexity index is 385. The molecule has 1 aromatic heterocycles. The molecule has 1 aliphatic heterocycles. The second-order valence-corrected chi connectivity index (χ2v) is 6.48. The van der Waals surface area contributed by atoms with Gasteiger partial charge < -0.3 is 14.8 Å². The van der Waals surface area contributed by atoms with Crippen molar-refractivity contribution in [3.05, 3.63) is 17.7 Å². The summed E-state index contributed by atoms with van der Waals surface area (Å²) < 4.78 is 0. The molecular weight excluding hydrogens is 236 g/mol. The van der Waals surface area contributed by atoms with Crippen LogP contribution in [0.2, 0.25) is 0 Å². The van der Waals surface area contributed by atoms with Crippen LogP contribution in [0, 0.1) is 18.8 Å². The first kappa shape index (κ1) is 14.5. The Balaban J connectivity index is 1.74. The van der Waals surface area contributed by atoms with Crippen LogP contribution in [0.5, 0.6) is 0 Å². The highest BCUT2D eigenvalue weighted by atomic mass is 15.2. The predicted molar refractivity (Wildman–Crippen MR) is 79.0 cm³/mol. The predicted octanol–water partition coefficient (Wildman–Crippen LogP) is 2.13. The maximum atomic E-state index is 4.38. The van der Waals surface area contributed by atoms with E-state index in [2.05, 4.69) is 47.6 Å². The van der Waals surface area contributed by atoms with Crippen molar-refractivity contribution in [2.75, 3.05) is 33.2 Å². The van der Waals surface area contributed by atoms with Crippen molar-refractivity contribution in [3.8, 4) is 0 Å². The zero-order valence-corrected chi connectivity index (χ0v) is 12.8. The maximum Gasteiger partial charge on any atom is 0.0925 e. The highest BCUT2D eigenvalue weighted by Crippen LogP contribution is 2.19. The second kappa shape index (κ2) is 6.53. The number of aromatic nitrogens is 2. The monoisotopic (exact) mass is 264 g/mol. The average Bonchev–Trinajstić information content (AvgIpc) is 2.89. The highest BCUT2D eigenvalue weighted by Gasteiger charge is 2.23. The maximum absolute atomic E-state index is 4.38. The molecule has 0 spiro atoms. The van der Waals surface area contributed by atoms with Crippen molar-refractivity contribution in [1.82, 2.24) is 19.8 Å². The quantitative estimate of drug-likeness (QED) is 0.855. The topological polar surface area (TPSA) is 35.2 Å². The van der Waals surface area contributed by atoms with Gasteiger partial charge in [-0.3, -0.25) is 0 Å². The Morgan fingerprint density at radius 3 is 2.95 bits per heavy atom. The Hall–Kier alpha value is -0.870. The van der Waals surface area contributed by atoms with Crippen LogP contribution in [0.15, 0.2) is 6.33 Å². The van der Waals surface area contributed by atoms with Crippen molar-refractivity contribution in [3.63, 3.8) is 0 Å². The number of hydrogen-bond donors (Lipinski definition) is 1. The van der Waals surface area contributed by atoms with Crippen molar-refractivity contribution < 1.29 is 0 Å². The molecule has 4 nitrogen and oxygen atoms in total. The van der Waals surface area contributed by atoms with Crippen LogP contribution < -0.4 is 0 Å². The Kier molecular flexibility index (Phi) is 4.99. The number of imidazole rings is 1. The van der Waals surface area contributed by atoms with Gasteiger partial charge in [-0.2, -0.15) is 0 Å². The Morgan fingerprint density at radius 1 is 1.53 bits per heavy atom. The van der Waals surface area contributed by atoms with Gasteiger partial charge >= 0.3 is 0 Å². The normalized spacial score (nSPS) is 20.8. The molecule has 0 amide bonds. The fourth-order valence-electron chi connectivity index (χ4n) is 3.05. The molecule has 1 fully saturated rings. The number of aryl methyl sites for hydroxylation is 1. The summed E-state index contributed by atoms with van der Waals surface area (Å²) in [4.78, 5) is 12.6. The van der Waals surface area contributed by atoms with Gasteiger partial charge in [0.1, 0.15) is 0 Å². The summed E-state index contributed by atoms with van der Waals surface area (Å²) in [6, 6.07) is 0. The largest absolute Gasteiger partial charge is 0.348 e. The number of aromatic amines is 1. The van der Waals surface area contributed by atoms with Crippen molar-refractivity contribution >= 4 is 0 Å². The first-order chi connectivity index (χ1) is 9.04. The smallest absolute Gasteiger partial charge is 0.0925 e. The van der Waals surface area contributed by atoms with Crippen molar-refractivity contribution in [1.29, 1.82) is 0 Å². The lowest BCUT2D eigenvalue weighted by Crippen LogP contribution is -2.29. The molecule has 0 unspecified atom stereocenters. The minimum absolute atomic E-state index is 0.781. The van der Waals surface area contributed by atoms with E-state index in [4.69, 9.17) is 0 Å². The molecule has 0 aromatic carbocycles. The molecule has 0 bridgehead atoms. The second-order valence-electron chi connectivity index (χ2n) is 6.48. The van der Waals surface area contributed by atoms with Gasteiger partial charge in [-0.25, -0.2) is 4.98 Å². The summed E-state index contributed by atoms with van der Waals surface area (Å²) in [6.07, 6.45) is 3.13. The van der Waals surface area contributed by atoms with Gasteiger partial charge in [0, 0.05) is 31.9 Å². The minimum atomic E-state index is 0.781. The molecule has 2 heterocycles. The molecule has 0 aliphatic carbocycles.